The Morgan fingerprint density at radius 1 is 0.316 bits per heavy atom. The molecule has 57 heavy (non-hydrogen) atoms. The molecule has 0 fully saturated rings. The zero-order valence-electron chi connectivity index (χ0n) is 30.0. The van der Waals surface area contributed by atoms with E-state index in [2.05, 4.69) is 140 Å². The first kappa shape index (κ1) is 32.5. The normalized spacial score (nSPS) is 11.9. The molecule has 0 aliphatic rings. The number of aromatic nitrogens is 5. The maximum absolute atomic E-state index is 5.28. The fourth-order valence-electron chi connectivity index (χ4n) is 7.87. The molecule has 0 amide bonds. The molecule has 12 aromatic rings. The summed E-state index contributed by atoms with van der Waals surface area (Å²) >= 11 is 5.32. The largest absolute Gasteiger partial charge is 0.226 e. The topological polar surface area (TPSA) is 64.5 Å². The third-order valence-corrected chi connectivity index (χ3v) is 14.0. The summed E-state index contributed by atoms with van der Waals surface area (Å²) in [6.07, 6.45) is 0. The van der Waals surface area contributed by atoms with Crippen molar-refractivity contribution in [2.45, 2.75) is 0 Å². The molecule has 0 radical (unpaired) electrons. The fraction of sp³-hybridized carbons (Fsp3) is 0. The van der Waals surface area contributed by atoms with E-state index >= 15 is 0 Å². The molecule has 0 unspecified atom stereocenters. The molecule has 0 aliphatic heterocycles. The summed E-state index contributed by atoms with van der Waals surface area (Å²) in [5.41, 5.74) is 6.84. The van der Waals surface area contributed by atoms with Crippen LogP contribution in [0.25, 0.3) is 117 Å². The van der Waals surface area contributed by atoms with Crippen LogP contribution in [0.3, 0.4) is 0 Å². The van der Waals surface area contributed by atoms with Crippen molar-refractivity contribution in [3.8, 4) is 56.8 Å². The SMILES string of the molecule is c1ccc(-c2nc(-c3ccc4c(c3)sc3ccccc34)nc(-c3cccc4sc5ccc(-c6nc(-c7ccccc7)c7sc8ccccc8c7n6)cc5c34)n2)cc1. The maximum Gasteiger partial charge on any atom is 0.164 e. The molecule has 7 aromatic carbocycles. The lowest BCUT2D eigenvalue weighted by molar-refractivity contribution is 1.08. The van der Waals surface area contributed by atoms with E-state index in [9.17, 15) is 0 Å². The standard InChI is InChI=1S/C49H27N5S3/c1-3-12-28(13-4-1)43-45-44(34-17-8-10-20-38(34)57-45)51-47(50-43)30-23-25-39-36(26-30)42-35(18-11-21-40(42)55-39)49-53-46(29-14-5-2-6-15-29)52-48(54-49)31-22-24-33-32-16-7-9-19-37(32)56-41(33)27-31/h1-27H. The van der Waals surface area contributed by atoms with E-state index in [1.54, 1.807) is 34.0 Å². The van der Waals surface area contributed by atoms with Gasteiger partial charge in [-0.1, -0.05) is 121 Å². The molecule has 0 bridgehead atoms. The highest BCUT2D eigenvalue weighted by Gasteiger charge is 2.20. The first-order valence-electron chi connectivity index (χ1n) is 18.7. The summed E-state index contributed by atoms with van der Waals surface area (Å²) in [5, 5.41) is 5.90. The van der Waals surface area contributed by atoms with Crippen LogP contribution in [0.1, 0.15) is 0 Å². The Kier molecular flexibility index (Phi) is 7.38. The van der Waals surface area contributed by atoms with Gasteiger partial charge in [0.2, 0.25) is 0 Å². The monoisotopic (exact) mass is 781 g/mol. The number of nitrogens with zero attached hydrogens (tertiary/aromatic N) is 5. The van der Waals surface area contributed by atoms with Crippen molar-refractivity contribution in [1.29, 1.82) is 0 Å². The minimum absolute atomic E-state index is 0.639. The van der Waals surface area contributed by atoms with Gasteiger partial charge in [0.15, 0.2) is 23.3 Å². The molecular formula is C49H27N5S3. The quantitative estimate of drug-likeness (QED) is 0.174. The highest BCUT2D eigenvalue weighted by Crippen LogP contribution is 2.43. The number of rotatable bonds is 5. The Balaban J connectivity index is 1.06. The second kappa shape index (κ2) is 12.9. The van der Waals surface area contributed by atoms with Crippen molar-refractivity contribution in [2.24, 2.45) is 0 Å². The van der Waals surface area contributed by atoms with Crippen LogP contribution in [0.4, 0.5) is 0 Å². The van der Waals surface area contributed by atoms with Crippen LogP contribution in [0, 0.1) is 0 Å². The lowest BCUT2D eigenvalue weighted by Gasteiger charge is -2.10. The predicted octanol–water partition coefficient (Wildman–Crippen LogP) is 14.1. The van der Waals surface area contributed by atoms with Gasteiger partial charge in [0.05, 0.1) is 15.9 Å². The molecule has 0 saturated heterocycles. The molecule has 12 rings (SSSR count). The number of benzene rings is 7. The van der Waals surface area contributed by atoms with Gasteiger partial charge >= 0.3 is 0 Å². The van der Waals surface area contributed by atoms with Crippen LogP contribution >= 0.6 is 34.0 Å². The molecule has 0 spiro atoms. The van der Waals surface area contributed by atoms with Gasteiger partial charge in [-0.15, -0.1) is 34.0 Å². The minimum atomic E-state index is 0.639. The Morgan fingerprint density at radius 2 is 0.895 bits per heavy atom. The molecule has 0 atom stereocenters. The van der Waals surface area contributed by atoms with Gasteiger partial charge in [0.1, 0.15) is 0 Å². The van der Waals surface area contributed by atoms with Gasteiger partial charge in [0.25, 0.3) is 0 Å². The van der Waals surface area contributed by atoms with Crippen molar-refractivity contribution in [3.63, 3.8) is 0 Å². The van der Waals surface area contributed by atoms with Crippen molar-refractivity contribution >= 4 is 94.7 Å². The Labute approximate surface area is 338 Å². The van der Waals surface area contributed by atoms with Crippen LogP contribution in [0.2, 0.25) is 0 Å². The lowest BCUT2D eigenvalue weighted by atomic mass is 10.0. The first-order chi connectivity index (χ1) is 28.2. The summed E-state index contributed by atoms with van der Waals surface area (Å²) in [6, 6.07) is 57.3. The van der Waals surface area contributed by atoms with E-state index in [-0.39, 0.29) is 0 Å². The van der Waals surface area contributed by atoms with Crippen molar-refractivity contribution < 1.29 is 0 Å². The summed E-state index contributed by atoms with van der Waals surface area (Å²) in [7, 11) is 0. The molecule has 8 heteroatoms. The number of fused-ring (bicyclic) bond motifs is 9. The third kappa shape index (κ3) is 5.37. The molecule has 266 valence electrons. The highest BCUT2D eigenvalue weighted by molar-refractivity contribution is 7.26. The van der Waals surface area contributed by atoms with Crippen molar-refractivity contribution in [1.82, 2.24) is 24.9 Å². The second-order valence-electron chi connectivity index (χ2n) is 14.0. The molecule has 0 aliphatic carbocycles. The van der Waals surface area contributed by atoms with E-state index < -0.39 is 0 Å². The molecule has 5 aromatic heterocycles. The van der Waals surface area contributed by atoms with Gasteiger partial charge in [-0.3, -0.25) is 0 Å². The smallest absolute Gasteiger partial charge is 0.164 e. The summed E-state index contributed by atoms with van der Waals surface area (Å²) < 4.78 is 7.13. The van der Waals surface area contributed by atoms with Gasteiger partial charge in [0, 0.05) is 78.2 Å². The van der Waals surface area contributed by atoms with E-state index in [1.807, 2.05) is 24.3 Å². The second-order valence-corrected chi connectivity index (χ2v) is 17.2. The van der Waals surface area contributed by atoms with Gasteiger partial charge < -0.3 is 0 Å². The Hall–Kier alpha value is -6.71. The van der Waals surface area contributed by atoms with Crippen LogP contribution in [-0.4, -0.2) is 24.9 Å². The molecule has 5 nitrogen and oxygen atoms in total. The number of hydrogen-bond acceptors (Lipinski definition) is 8. The maximum atomic E-state index is 5.28. The summed E-state index contributed by atoms with van der Waals surface area (Å²) in [4.78, 5) is 26.1. The van der Waals surface area contributed by atoms with E-state index in [0.29, 0.717) is 23.3 Å². The zero-order chi connectivity index (χ0) is 37.5. The highest BCUT2D eigenvalue weighted by atomic mass is 32.1. The summed E-state index contributed by atoms with van der Waals surface area (Å²) in [6.45, 7) is 0. The molecule has 0 N–H and O–H groups in total. The van der Waals surface area contributed by atoms with Crippen molar-refractivity contribution in [3.05, 3.63) is 164 Å². The molecular weight excluding hydrogens is 755 g/mol. The molecule has 5 heterocycles. The van der Waals surface area contributed by atoms with Crippen LogP contribution < -0.4 is 0 Å². The number of hydrogen-bond donors (Lipinski definition) is 0. The zero-order valence-corrected chi connectivity index (χ0v) is 32.5. The van der Waals surface area contributed by atoms with E-state index in [4.69, 9.17) is 24.9 Å². The molecule has 0 saturated carbocycles. The minimum Gasteiger partial charge on any atom is -0.226 e. The van der Waals surface area contributed by atoms with Gasteiger partial charge in [-0.2, -0.15) is 0 Å². The van der Waals surface area contributed by atoms with Gasteiger partial charge in [-0.05, 0) is 42.5 Å². The average Bonchev–Trinajstić information content (AvgIpc) is 3.97. The van der Waals surface area contributed by atoms with Gasteiger partial charge in [-0.25, -0.2) is 24.9 Å². The Bertz CT molecular complexity index is 3530. The average molecular weight is 782 g/mol. The Morgan fingerprint density at radius 3 is 1.72 bits per heavy atom. The third-order valence-electron chi connectivity index (χ3n) is 10.6. The van der Waals surface area contributed by atoms with Crippen LogP contribution in [0.5, 0.6) is 0 Å². The fourth-order valence-corrected chi connectivity index (χ4v) is 11.3. The van der Waals surface area contributed by atoms with E-state index in [0.717, 1.165) is 59.9 Å². The summed E-state index contributed by atoms with van der Waals surface area (Å²) in [5.74, 6) is 2.63. The van der Waals surface area contributed by atoms with E-state index in [1.165, 1.54) is 34.3 Å². The lowest BCUT2D eigenvalue weighted by Crippen LogP contribution is -2.00. The van der Waals surface area contributed by atoms with Crippen molar-refractivity contribution in [2.75, 3.05) is 0 Å². The number of thiophene rings is 3. The van der Waals surface area contributed by atoms with Crippen LogP contribution in [0.15, 0.2) is 164 Å². The first-order valence-corrected chi connectivity index (χ1v) is 21.1. The van der Waals surface area contributed by atoms with Crippen LogP contribution in [-0.2, 0) is 0 Å². The predicted molar refractivity (Wildman–Crippen MR) is 241 cm³/mol.